The third kappa shape index (κ3) is 4.23. The van der Waals surface area contributed by atoms with E-state index in [1.807, 2.05) is 0 Å². The standard InChI is InChI=1S/C10H12BrN5O/c11-5-8(17)6-1-3-7(4-2-6)15-10(14)16-9(12)13/h1-4H,5H2,(H6,12,13,14,15,16). The van der Waals surface area contributed by atoms with Gasteiger partial charge in [-0.25, -0.2) is 4.99 Å². The van der Waals surface area contributed by atoms with Crippen LogP contribution in [-0.4, -0.2) is 23.0 Å². The average molecular weight is 298 g/mol. The van der Waals surface area contributed by atoms with Gasteiger partial charge in [0.25, 0.3) is 0 Å². The lowest BCUT2D eigenvalue weighted by Gasteiger charge is -1.99. The van der Waals surface area contributed by atoms with E-state index in [0.717, 1.165) is 0 Å². The summed E-state index contributed by atoms with van der Waals surface area (Å²) < 4.78 is 0. The van der Waals surface area contributed by atoms with Crippen LogP contribution in [0.15, 0.2) is 34.3 Å². The van der Waals surface area contributed by atoms with E-state index in [1.165, 1.54) is 0 Å². The van der Waals surface area contributed by atoms with Gasteiger partial charge < -0.3 is 17.2 Å². The predicted octanol–water partition coefficient (Wildman–Crippen LogP) is 0.484. The normalized spacial score (nSPS) is 11.0. The van der Waals surface area contributed by atoms with Crippen LogP contribution in [0.4, 0.5) is 5.69 Å². The minimum atomic E-state index is -0.155. The molecular weight excluding hydrogens is 286 g/mol. The number of rotatable bonds is 3. The Bertz CT molecular complexity index is 462. The number of aliphatic imine (C=N–C) groups is 2. The fraction of sp³-hybridized carbons (Fsp3) is 0.100. The SMILES string of the molecule is NC(N)=NC(N)=Nc1ccc(C(=O)CBr)cc1. The van der Waals surface area contributed by atoms with Gasteiger partial charge in [0.1, 0.15) is 0 Å². The van der Waals surface area contributed by atoms with E-state index < -0.39 is 0 Å². The van der Waals surface area contributed by atoms with Crippen molar-refractivity contribution in [1.29, 1.82) is 0 Å². The molecule has 0 aliphatic heterocycles. The summed E-state index contributed by atoms with van der Waals surface area (Å²) in [5.74, 6) is -0.195. The van der Waals surface area contributed by atoms with Crippen LogP contribution >= 0.6 is 15.9 Å². The van der Waals surface area contributed by atoms with Crippen LogP contribution in [0, 0.1) is 0 Å². The number of guanidine groups is 2. The maximum atomic E-state index is 11.3. The molecule has 1 rings (SSSR count). The molecule has 0 fully saturated rings. The van der Waals surface area contributed by atoms with Gasteiger partial charge in [0, 0.05) is 5.56 Å². The van der Waals surface area contributed by atoms with E-state index in [0.29, 0.717) is 11.3 Å². The number of alkyl halides is 1. The monoisotopic (exact) mass is 297 g/mol. The molecule has 0 unspecified atom stereocenters. The Morgan fingerprint density at radius 2 is 1.76 bits per heavy atom. The second kappa shape index (κ2) is 6.00. The van der Waals surface area contributed by atoms with Crippen molar-refractivity contribution in [2.75, 3.05) is 5.33 Å². The molecule has 6 nitrogen and oxygen atoms in total. The van der Waals surface area contributed by atoms with E-state index >= 15 is 0 Å². The number of ketones is 1. The molecule has 0 amide bonds. The highest BCUT2D eigenvalue weighted by atomic mass is 79.9. The highest BCUT2D eigenvalue weighted by molar-refractivity contribution is 9.09. The summed E-state index contributed by atoms with van der Waals surface area (Å²) in [6, 6.07) is 6.63. The molecule has 0 radical (unpaired) electrons. The van der Waals surface area contributed by atoms with Crippen LogP contribution in [0.25, 0.3) is 0 Å². The number of hydrogen-bond donors (Lipinski definition) is 3. The predicted molar refractivity (Wildman–Crippen MR) is 71.7 cm³/mol. The van der Waals surface area contributed by atoms with Crippen molar-refractivity contribution in [2.45, 2.75) is 0 Å². The second-order valence-electron chi connectivity index (χ2n) is 3.11. The first-order valence-electron chi connectivity index (χ1n) is 4.66. The molecule has 1 aromatic carbocycles. The van der Waals surface area contributed by atoms with Crippen LogP contribution in [0.3, 0.4) is 0 Å². The summed E-state index contributed by atoms with van der Waals surface area (Å²) in [5.41, 5.74) is 16.9. The first kappa shape index (κ1) is 13.2. The molecule has 0 heterocycles. The molecule has 0 spiro atoms. The van der Waals surface area contributed by atoms with E-state index in [4.69, 9.17) is 17.2 Å². The topological polar surface area (TPSA) is 120 Å². The summed E-state index contributed by atoms with van der Waals surface area (Å²) in [4.78, 5) is 18.9. The van der Waals surface area contributed by atoms with Crippen LogP contribution in [0.5, 0.6) is 0 Å². The molecule has 0 saturated carbocycles. The Labute approximate surface area is 107 Å². The van der Waals surface area contributed by atoms with Crippen molar-refractivity contribution in [3.63, 3.8) is 0 Å². The lowest BCUT2D eigenvalue weighted by molar-refractivity contribution is 0.102. The molecule has 0 saturated heterocycles. The number of carbonyl (C=O) groups excluding carboxylic acids is 1. The number of hydrogen-bond acceptors (Lipinski definition) is 2. The van der Waals surface area contributed by atoms with Gasteiger partial charge in [0.2, 0.25) is 5.96 Å². The van der Waals surface area contributed by atoms with Crippen LogP contribution < -0.4 is 17.2 Å². The maximum Gasteiger partial charge on any atom is 0.223 e. The quantitative estimate of drug-likeness (QED) is 0.325. The number of nitrogens with zero attached hydrogens (tertiary/aromatic N) is 2. The Kier molecular flexibility index (Phi) is 4.65. The minimum Gasteiger partial charge on any atom is -0.370 e. The van der Waals surface area contributed by atoms with Gasteiger partial charge in [-0.2, -0.15) is 4.99 Å². The Morgan fingerprint density at radius 3 is 2.24 bits per heavy atom. The van der Waals surface area contributed by atoms with Crippen molar-refractivity contribution in [1.82, 2.24) is 0 Å². The van der Waals surface area contributed by atoms with Crippen molar-refractivity contribution in [3.8, 4) is 0 Å². The van der Waals surface area contributed by atoms with E-state index in [9.17, 15) is 4.79 Å². The van der Waals surface area contributed by atoms with E-state index in [-0.39, 0.29) is 23.0 Å². The number of halogens is 1. The summed E-state index contributed by atoms with van der Waals surface area (Å²) in [7, 11) is 0. The number of benzene rings is 1. The molecule has 17 heavy (non-hydrogen) atoms. The van der Waals surface area contributed by atoms with Crippen LogP contribution in [-0.2, 0) is 0 Å². The fourth-order valence-corrected chi connectivity index (χ4v) is 1.41. The first-order valence-corrected chi connectivity index (χ1v) is 5.78. The van der Waals surface area contributed by atoms with Crippen LogP contribution in [0.1, 0.15) is 10.4 Å². The van der Waals surface area contributed by atoms with Gasteiger partial charge in [0.15, 0.2) is 11.7 Å². The Balaban J connectivity index is 2.89. The lowest BCUT2D eigenvalue weighted by Crippen LogP contribution is -2.26. The molecule has 6 N–H and O–H groups in total. The summed E-state index contributed by atoms with van der Waals surface area (Å²) in [6.07, 6.45) is 0. The molecule has 7 heteroatoms. The fourth-order valence-electron chi connectivity index (χ4n) is 1.09. The largest absolute Gasteiger partial charge is 0.370 e. The summed E-state index contributed by atoms with van der Waals surface area (Å²) in [6.45, 7) is 0. The molecule has 0 atom stereocenters. The zero-order valence-electron chi connectivity index (χ0n) is 8.93. The summed E-state index contributed by atoms with van der Waals surface area (Å²) >= 11 is 3.09. The Hall–Kier alpha value is -1.89. The van der Waals surface area contributed by atoms with Gasteiger partial charge in [0.05, 0.1) is 11.0 Å². The van der Waals surface area contributed by atoms with Gasteiger partial charge >= 0.3 is 0 Å². The second-order valence-corrected chi connectivity index (χ2v) is 3.67. The molecule has 0 aliphatic carbocycles. The summed E-state index contributed by atoms with van der Waals surface area (Å²) in [5, 5.41) is 0.283. The lowest BCUT2D eigenvalue weighted by atomic mass is 10.1. The zero-order valence-corrected chi connectivity index (χ0v) is 10.5. The van der Waals surface area contributed by atoms with Crippen molar-refractivity contribution < 1.29 is 4.79 Å². The molecule has 1 aromatic rings. The van der Waals surface area contributed by atoms with Crippen molar-refractivity contribution >= 4 is 39.3 Å². The van der Waals surface area contributed by atoms with Gasteiger partial charge in [-0.3, -0.25) is 4.79 Å². The van der Waals surface area contributed by atoms with Crippen molar-refractivity contribution in [2.24, 2.45) is 27.2 Å². The Morgan fingerprint density at radius 1 is 1.18 bits per heavy atom. The van der Waals surface area contributed by atoms with Gasteiger partial charge in [-0.05, 0) is 24.3 Å². The third-order valence-corrected chi connectivity index (χ3v) is 2.31. The third-order valence-electron chi connectivity index (χ3n) is 1.80. The first-order chi connectivity index (χ1) is 8.02. The van der Waals surface area contributed by atoms with E-state index in [2.05, 4.69) is 25.9 Å². The minimum absolute atomic E-state index is 0.00211. The molecule has 0 bridgehead atoms. The van der Waals surface area contributed by atoms with Crippen LogP contribution in [0.2, 0.25) is 0 Å². The van der Waals surface area contributed by atoms with Gasteiger partial charge in [-0.15, -0.1) is 0 Å². The molecule has 90 valence electrons. The van der Waals surface area contributed by atoms with E-state index in [1.54, 1.807) is 24.3 Å². The zero-order chi connectivity index (χ0) is 12.8. The molecule has 0 aliphatic rings. The number of nitrogens with two attached hydrogens (primary N) is 3. The maximum absolute atomic E-state index is 11.3. The highest BCUT2D eigenvalue weighted by Crippen LogP contribution is 2.13. The highest BCUT2D eigenvalue weighted by Gasteiger charge is 2.02. The van der Waals surface area contributed by atoms with Gasteiger partial charge in [-0.1, -0.05) is 15.9 Å². The average Bonchev–Trinajstić information content (AvgIpc) is 2.28. The molecule has 0 aromatic heterocycles. The number of Topliss-reactive ketones (excluding diaryl/α,β-unsaturated/α-hetero) is 1. The van der Waals surface area contributed by atoms with Crippen molar-refractivity contribution in [3.05, 3.63) is 29.8 Å². The molecular formula is C10H12BrN5O. The number of carbonyl (C=O) groups is 1. The smallest absolute Gasteiger partial charge is 0.223 e.